The first-order valence-electron chi connectivity index (χ1n) is 5.78. The summed E-state index contributed by atoms with van der Waals surface area (Å²) in [6.45, 7) is 10.1. The van der Waals surface area contributed by atoms with E-state index < -0.39 is 0 Å². The third-order valence-electron chi connectivity index (χ3n) is 1.73. The maximum absolute atomic E-state index is 3.12. The van der Waals surface area contributed by atoms with E-state index >= 15 is 0 Å². The molecule has 2 rings (SSSR count). The molecule has 0 aromatic rings. The summed E-state index contributed by atoms with van der Waals surface area (Å²) in [5.74, 6) is 0. The Morgan fingerprint density at radius 1 is 0.950 bits per heavy atom. The molecular formula is C16H28Cl2SiZr-4. The van der Waals surface area contributed by atoms with Crippen molar-refractivity contribution in [2.24, 2.45) is 0 Å². The van der Waals surface area contributed by atoms with Crippen molar-refractivity contribution >= 4 is 31.7 Å². The second kappa shape index (κ2) is 27.9. The molecule has 2 aliphatic carbocycles. The van der Waals surface area contributed by atoms with Crippen LogP contribution in [0.3, 0.4) is 0 Å². The molecule has 0 saturated heterocycles. The van der Waals surface area contributed by atoms with Crippen LogP contribution in [0.4, 0.5) is 0 Å². The number of halogens is 2. The molecule has 0 aromatic carbocycles. The van der Waals surface area contributed by atoms with Gasteiger partial charge in [0.15, 0.2) is 0 Å². The number of rotatable bonds is 0. The maximum atomic E-state index is 3.12. The third-order valence-corrected chi connectivity index (χ3v) is 1.73. The third kappa shape index (κ3) is 27.1. The summed E-state index contributed by atoms with van der Waals surface area (Å²) in [5.41, 5.74) is 2.55. The molecule has 4 heteroatoms. The quantitative estimate of drug-likeness (QED) is 0.390. The summed E-state index contributed by atoms with van der Waals surface area (Å²) >= 11 is 1.58. The van der Waals surface area contributed by atoms with Crippen LogP contribution in [-0.4, -0.2) is 6.88 Å². The van der Waals surface area contributed by atoms with Crippen molar-refractivity contribution < 1.29 is 23.3 Å². The molecule has 0 aliphatic heterocycles. The SMILES string of the molecule is CC1=[C-]CC=C1.CC1=[C-]CC=C1.C[CH-]C.Cl.Cl.[CH3-].[SiH2]=[Zr]. The van der Waals surface area contributed by atoms with Crippen LogP contribution in [-0.2, 0) is 23.3 Å². The molecule has 0 fully saturated rings. The minimum absolute atomic E-state index is 0. The predicted molar refractivity (Wildman–Crippen MR) is 97.5 cm³/mol. The number of allylic oxidation sites excluding steroid dienone is 8. The summed E-state index contributed by atoms with van der Waals surface area (Å²) in [4.78, 5) is 0. The van der Waals surface area contributed by atoms with E-state index in [1.54, 1.807) is 23.3 Å². The molecule has 0 N–H and O–H groups in total. The number of hydrogen-bond acceptors (Lipinski definition) is 0. The van der Waals surface area contributed by atoms with Crippen LogP contribution in [0.15, 0.2) is 35.5 Å². The zero-order chi connectivity index (χ0) is 13.5. The van der Waals surface area contributed by atoms with Gasteiger partial charge in [-0.1, -0.05) is 13.8 Å². The van der Waals surface area contributed by atoms with Crippen molar-refractivity contribution in [2.45, 2.75) is 40.5 Å². The van der Waals surface area contributed by atoms with Gasteiger partial charge in [0, 0.05) is 0 Å². The Labute approximate surface area is 156 Å². The first kappa shape index (κ1) is 32.5. The molecule has 0 saturated carbocycles. The molecule has 0 unspecified atom stereocenters. The van der Waals surface area contributed by atoms with Crippen molar-refractivity contribution in [2.75, 3.05) is 0 Å². The van der Waals surface area contributed by atoms with Crippen LogP contribution < -0.4 is 0 Å². The Morgan fingerprint density at radius 2 is 1.20 bits per heavy atom. The van der Waals surface area contributed by atoms with Crippen LogP contribution in [0.5, 0.6) is 0 Å². The van der Waals surface area contributed by atoms with Crippen molar-refractivity contribution in [1.82, 2.24) is 0 Å². The predicted octanol–water partition coefficient (Wildman–Crippen LogP) is 5.00. The van der Waals surface area contributed by atoms with E-state index in [9.17, 15) is 0 Å². The Hall–Kier alpha value is 0.640. The van der Waals surface area contributed by atoms with Crippen LogP contribution in [0.2, 0.25) is 0 Å². The molecule has 0 heterocycles. The Kier molecular flexibility index (Phi) is 45.4. The van der Waals surface area contributed by atoms with Gasteiger partial charge in [-0.25, -0.2) is 23.3 Å². The molecule has 2 aliphatic rings. The fourth-order valence-electron chi connectivity index (χ4n) is 1.03. The average molecular weight is 411 g/mol. The Morgan fingerprint density at radius 3 is 1.25 bits per heavy atom. The summed E-state index contributed by atoms with van der Waals surface area (Å²) in [5, 5.41) is 0. The van der Waals surface area contributed by atoms with Crippen molar-refractivity contribution in [1.29, 1.82) is 0 Å². The van der Waals surface area contributed by atoms with E-state index in [0.717, 1.165) is 12.8 Å². The van der Waals surface area contributed by atoms with Gasteiger partial charge in [-0.2, -0.15) is 26.0 Å². The summed E-state index contributed by atoms with van der Waals surface area (Å²) < 4.78 is 0. The second-order valence-corrected chi connectivity index (χ2v) is 3.51. The molecule has 20 heavy (non-hydrogen) atoms. The Bertz CT molecular complexity index is 261. The first-order valence-corrected chi connectivity index (χ1v) is 11.7. The fraction of sp³-hybridized carbons (Fsp3) is 0.375. The van der Waals surface area contributed by atoms with E-state index in [2.05, 4.69) is 50.3 Å². The summed E-state index contributed by atoms with van der Waals surface area (Å²) in [6, 6.07) is 0. The molecular weight excluding hydrogens is 382 g/mol. The summed E-state index contributed by atoms with van der Waals surface area (Å²) in [7, 11) is 0. The monoisotopic (exact) mass is 408 g/mol. The van der Waals surface area contributed by atoms with Gasteiger partial charge in [0.05, 0.1) is 0 Å². The molecule has 0 aromatic heterocycles. The van der Waals surface area contributed by atoms with Gasteiger partial charge in [-0.15, -0.1) is 37.7 Å². The van der Waals surface area contributed by atoms with Gasteiger partial charge >= 0.3 is 30.2 Å². The van der Waals surface area contributed by atoms with E-state index in [-0.39, 0.29) is 32.2 Å². The molecule has 0 radical (unpaired) electrons. The van der Waals surface area contributed by atoms with Crippen molar-refractivity contribution in [3.05, 3.63) is 61.4 Å². The first-order chi connectivity index (χ1) is 8.20. The van der Waals surface area contributed by atoms with Gasteiger partial charge in [0.25, 0.3) is 0 Å². The van der Waals surface area contributed by atoms with Gasteiger partial charge in [0.2, 0.25) is 0 Å². The number of hydrogen-bond donors (Lipinski definition) is 0. The molecule has 0 bridgehead atoms. The standard InChI is InChI=1S/2C6H7.C3H7.CH3.2ClH.H2Si.Zr/c2*1-6-4-2-3-5-6;1-3-2;;;;;/h2*2,4H,3H2,1H3;3H,1-2H3;1H3;2*1H;1H2;/q4*-1;;;;. The van der Waals surface area contributed by atoms with Gasteiger partial charge in [-0.05, 0) is 0 Å². The minimum atomic E-state index is 0. The average Bonchev–Trinajstić information content (AvgIpc) is 2.97. The van der Waals surface area contributed by atoms with Crippen LogP contribution in [0.25, 0.3) is 0 Å². The van der Waals surface area contributed by atoms with Gasteiger partial charge in [-0.3, -0.25) is 12.2 Å². The molecule has 0 spiro atoms. The summed E-state index contributed by atoms with van der Waals surface area (Å²) in [6.07, 6.45) is 18.7. The zero-order valence-electron chi connectivity index (χ0n) is 13.3. The molecule has 0 atom stereocenters. The van der Waals surface area contributed by atoms with Crippen LogP contribution in [0, 0.1) is 26.0 Å². The molecule has 118 valence electrons. The fourth-order valence-corrected chi connectivity index (χ4v) is 1.03. The van der Waals surface area contributed by atoms with E-state index in [1.165, 1.54) is 11.1 Å². The molecule has 0 nitrogen and oxygen atoms in total. The van der Waals surface area contributed by atoms with E-state index in [4.69, 9.17) is 0 Å². The van der Waals surface area contributed by atoms with Gasteiger partial charge in [0.1, 0.15) is 0 Å². The normalized spacial score (nSPS) is 12.2. The Balaban J connectivity index is -0.0000000515. The van der Waals surface area contributed by atoms with Gasteiger partial charge < -0.3 is 13.8 Å². The van der Waals surface area contributed by atoms with Crippen molar-refractivity contribution in [3.8, 4) is 0 Å². The molecule has 0 amide bonds. The van der Waals surface area contributed by atoms with Crippen LogP contribution >= 0.6 is 24.8 Å². The second-order valence-electron chi connectivity index (χ2n) is 3.51. The van der Waals surface area contributed by atoms with Crippen LogP contribution in [0.1, 0.15) is 40.5 Å². The van der Waals surface area contributed by atoms with E-state index in [0.29, 0.717) is 0 Å². The topological polar surface area (TPSA) is 0 Å². The van der Waals surface area contributed by atoms with E-state index in [1.807, 2.05) is 27.1 Å². The zero-order valence-corrected chi connectivity index (χ0v) is 18.8. The van der Waals surface area contributed by atoms with Crippen molar-refractivity contribution in [3.63, 3.8) is 0 Å².